The van der Waals surface area contributed by atoms with Crippen molar-refractivity contribution in [3.8, 4) is 11.1 Å². The molecule has 0 atom stereocenters. The van der Waals surface area contributed by atoms with Crippen LogP contribution in [-0.2, 0) is 0 Å². The molecule has 1 amide bonds. The second-order valence-corrected chi connectivity index (χ2v) is 5.94. The second kappa shape index (κ2) is 5.44. The third-order valence-electron chi connectivity index (χ3n) is 3.32. The average molecular weight is 350 g/mol. The predicted molar refractivity (Wildman–Crippen MR) is 82.2 cm³/mol. The minimum atomic E-state index is -0.565. The van der Waals surface area contributed by atoms with E-state index in [1.165, 1.54) is 12.1 Å². The number of rotatable bonds is 3. The Bertz CT molecular complexity index is 716. The van der Waals surface area contributed by atoms with Crippen molar-refractivity contribution in [2.24, 2.45) is 0 Å². The van der Waals surface area contributed by atoms with E-state index >= 15 is 0 Å². The highest BCUT2D eigenvalue weighted by Crippen LogP contribution is 2.29. The number of carbonyl (C=O) groups excluding carboxylic acids is 1. The van der Waals surface area contributed by atoms with Crippen LogP contribution in [0.3, 0.4) is 0 Å². The van der Waals surface area contributed by atoms with Crippen LogP contribution in [-0.4, -0.2) is 16.9 Å². The van der Waals surface area contributed by atoms with Crippen molar-refractivity contribution in [1.29, 1.82) is 0 Å². The highest BCUT2D eigenvalue weighted by molar-refractivity contribution is 9.10. The molecule has 0 unspecified atom stereocenters. The number of nitrogens with zero attached hydrogens (tertiary/aromatic N) is 1. The van der Waals surface area contributed by atoms with Crippen LogP contribution in [0, 0.1) is 5.82 Å². The largest absolute Gasteiger partial charge is 0.383 e. The highest BCUT2D eigenvalue weighted by atomic mass is 79.9. The number of aromatic nitrogens is 1. The van der Waals surface area contributed by atoms with Crippen molar-refractivity contribution in [1.82, 2.24) is 10.3 Å². The molecule has 108 valence electrons. The quantitative estimate of drug-likeness (QED) is 0.894. The van der Waals surface area contributed by atoms with E-state index in [-0.39, 0.29) is 17.5 Å². The Balaban J connectivity index is 1.93. The molecule has 0 aliphatic heterocycles. The van der Waals surface area contributed by atoms with Crippen LogP contribution in [0.4, 0.5) is 10.2 Å². The lowest BCUT2D eigenvalue weighted by Crippen LogP contribution is -2.26. The normalized spacial score (nSPS) is 14.0. The van der Waals surface area contributed by atoms with Gasteiger partial charge < -0.3 is 11.1 Å². The molecular formula is C15H13BrFN3O. The lowest BCUT2D eigenvalue weighted by Gasteiger charge is -2.09. The van der Waals surface area contributed by atoms with Gasteiger partial charge in [-0.3, -0.25) is 4.79 Å². The first kappa shape index (κ1) is 14.0. The fourth-order valence-corrected chi connectivity index (χ4v) is 2.37. The standard InChI is InChI=1S/C15H13BrFN3O/c16-9-6-12(14(18)19-7-9)8-1-4-11(13(17)5-8)15(21)20-10-2-3-10/h1,4-7,10H,2-3H2,(H2,18,19)(H,20,21). The minimum Gasteiger partial charge on any atom is -0.383 e. The summed E-state index contributed by atoms with van der Waals surface area (Å²) < 4.78 is 14.9. The number of pyridine rings is 1. The maximum atomic E-state index is 14.2. The van der Waals surface area contributed by atoms with Crippen LogP contribution in [0.5, 0.6) is 0 Å². The molecule has 3 rings (SSSR count). The lowest BCUT2D eigenvalue weighted by molar-refractivity contribution is 0.0947. The van der Waals surface area contributed by atoms with E-state index in [1.54, 1.807) is 18.3 Å². The summed E-state index contributed by atoms with van der Waals surface area (Å²) in [5.74, 6) is -0.625. The van der Waals surface area contributed by atoms with Crippen LogP contribution in [0.25, 0.3) is 11.1 Å². The number of benzene rings is 1. The molecule has 1 aliphatic carbocycles. The van der Waals surface area contributed by atoms with Crippen molar-refractivity contribution in [3.05, 3.63) is 46.3 Å². The Morgan fingerprint density at radius 1 is 1.38 bits per heavy atom. The molecule has 2 aromatic rings. The summed E-state index contributed by atoms with van der Waals surface area (Å²) in [6, 6.07) is 6.41. The number of carbonyl (C=O) groups is 1. The monoisotopic (exact) mass is 349 g/mol. The van der Waals surface area contributed by atoms with Gasteiger partial charge in [0.2, 0.25) is 0 Å². The van der Waals surface area contributed by atoms with E-state index in [9.17, 15) is 9.18 Å². The Labute approximate surface area is 129 Å². The molecule has 1 heterocycles. The van der Waals surface area contributed by atoms with Crippen LogP contribution in [0.2, 0.25) is 0 Å². The van der Waals surface area contributed by atoms with Crippen molar-refractivity contribution < 1.29 is 9.18 Å². The van der Waals surface area contributed by atoms with Crippen molar-refractivity contribution in [3.63, 3.8) is 0 Å². The SMILES string of the molecule is Nc1ncc(Br)cc1-c1ccc(C(=O)NC2CC2)c(F)c1. The van der Waals surface area contributed by atoms with E-state index < -0.39 is 5.82 Å². The third kappa shape index (κ3) is 3.05. The number of amides is 1. The number of hydrogen-bond donors (Lipinski definition) is 2. The first-order valence-electron chi connectivity index (χ1n) is 6.56. The molecule has 1 aliphatic rings. The van der Waals surface area contributed by atoms with Crippen LogP contribution < -0.4 is 11.1 Å². The number of nitrogens with two attached hydrogens (primary N) is 1. The van der Waals surface area contributed by atoms with Gasteiger partial charge in [-0.05, 0) is 52.5 Å². The summed E-state index contributed by atoms with van der Waals surface area (Å²) in [5, 5.41) is 2.77. The fraction of sp³-hybridized carbons (Fsp3) is 0.200. The van der Waals surface area contributed by atoms with Crippen molar-refractivity contribution in [2.45, 2.75) is 18.9 Å². The molecule has 3 N–H and O–H groups in total. The molecule has 4 nitrogen and oxygen atoms in total. The zero-order valence-corrected chi connectivity index (χ0v) is 12.7. The molecular weight excluding hydrogens is 337 g/mol. The first-order chi connectivity index (χ1) is 10.0. The minimum absolute atomic E-state index is 0.0483. The number of halogens is 2. The van der Waals surface area contributed by atoms with Gasteiger partial charge >= 0.3 is 0 Å². The van der Waals surface area contributed by atoms with E-state index in [4.69, 9.17) is 5.73 Å². The van der Waals surface area contributed by atoms with Gasteiger partial charge in [-0.1, -0.05) is 6.07 Å². The summed E-state index contributed by atoms with van der Waals surface area (Å²) in [6.07, 6.45) is 3.50. The molecule has 1 aromatic carbocycles. The van der Waals surface area contributed by atoms with Crippen molar-refractivity contribution in [2.75, 3.05) is 5.73 Å². The Morgan fingerprint density at radius 3 is 2.81 bits per heavy atom. The van der Waals surface area contributed by atoms with E-state index in [1.807, 2.05) is 0 Å². The maximum Gasteiger partial charge on any atom is 0.254 e. The molecule has 1 aromatic heterocycles. The molecule has 0 spiro atoms. The van der Waals surface area contributed by atoms with Gasteiger partial charge in [0, 0.05) is 22.3 Å². The van der Waals surface area contributed by atoms with Gasteiger partial charge in [-0.25, -0.2) is 9.37 Å². The molecule has 6 heteroatoms. The highest BCUT2D eigenvalue weighted by Gasteiger charge is 2.25. The Morgan fingerprint density at radius 2 is 2.14 bits per heavy atom. The van der Waals surface area contributed by atoms with Gasteiger partial charge in [0.05, 0.1) is 5.56 Å². The molecule has 0 radical (unpaired) electrons. The molecule has 0 saturated heterocycles. The summed E-state index contributed by atoms with van der Waals surface area (Å²) in [7, 11) is 0. The van der Waals surface area contributed by atoms with Gasteiger partial charge in [0.15, 0.2) is 0 Å². The van der Waals surface area contributed by atoms with E-state index in [0.29, 0.717) is 16.9 Å². The Hall–Kier alpha value is -1.95. The zero-order chi connectivity index (χ0) is 15.0. The first-order valence-corrected chi connectivity index (χ1v) is 7.35. The van der Waals surface area contributed by atoms with E-state index in [2.05, 4.69) is 26.2 Å². The number of nitrogen functional groups attached to an aromatic ring is 1. The summed E-state index contributed by atoms with van der Waals surface area (Å²) in [6.45, 7) is 0. The van der Waals surface area contributed by atoms with Gasteiger partial charge in [0.1, 0.15) is 11.6 Å². The predicted octanol–water partition coefficient (Wildman–Crippen LogP) is 3.12. The van der Waals surface area contributed by atoms with Gasteiger partial charge in [0.25, 0.3) is 5.91 Å². The number of anilines is 1. The molecule has 21 heavy (non-hydrogen) atoms. The van der Waals surface area contributed by atoms with Crippen LogP contribution >= 0.6 is 15.9 Å². The number of hydrogen-bond acceptors (Lipinski definition) is 3. The molecule has 0 bridgehead atoms. The van der Waals surface area contributed by atoms with Crippen LogP contribution in [0.15, 0.2) is 34.9 Å². The Kier molecular flexibility index (Phi) is 3.63. The third-order valence-corrected chi connectivity index (χ3v) is 3.76. The zero-order valence-electron chi connectivity index (χ0n) is 11.1. The smallest absolute Gasteiger partial charge is 0.254 e. The summed E-state index contributed by atoms with van der Waals surface area (Å²) >= 11 is 3.31. The summed E-state index contributed by atoms with van der Waals surface area (Å²) in [5.41, 5.74) is 7.07. The topological polar surface area (TPSA) is 68.0 Å². The maximum absolute atomic E-state index is 14.2. The van der Waals surface area contributed by atoms with Gasteiger partial charge in [-0.2, -0.15) is 0 Å². The number of nitrogens with one attached hydrogen (secondary N) is 1. The van der Waals surface area contributed by atoms with Crippen LogP contribution in [0.1, 0.15) is 23.2 Å². The average Bonchev–Trinajstić information content (AvgIpc) is 3.25. The van der Waals surface area contributed by atoms with Crippen molar-refractivity contribution >= 4 is 27.7 Å². The fourth-order valence-electron chi connectivity index (χ4n) is 2.04. The molecule has 1 saturated carbocycles. The van der Waals surface area contributed by atoms with Gasteiger partial charge in [-0.15, -0.1) is 0 Å². The molecule has 1 fully saturated rings. The van der Waals surface area contributed by atoms with E-state index in [0.717, 1.165) is 17.3 Å². The summed E-state index contributed by atoms with van der Waals surface area (Å²) in [4.78, 5) is 15.9. The lowest BCUT2D eigenvalue weighted by atomic mass is 10.0. The second-order valence-electron chi connectivity index (χ2n) is 5.03.